The number of carbonyl (C=O) groups excluding carboxylic acids is 2. The highest BCUT2D eigenvalue weighted by atomic mass is 32.1. The summed E-state index contributed by atoms with van der Waals surface area (Å²) in [7, 11) is 1.81. The summed E-state index contributed by atoms with van der Waals surface area (Å²) in [4.78, 5) is 34.5. The van der Waals surface area contributed by atoms with Crippen molar-refractivity contribution in [2.45, 2.75) is 6.92 Å². The number of hydrogen-bond acceptors (Lipinski definition) is 6. The third-order valence-electron chi connectivity index (χ3n) is 3.26. The van der Waals surface area contributed by atoms with Crippen LogP contribution in [0, 0.1) is 6.92 Å². The molecular formula is C13H13N5O2S. The summed E-state index contributed by atoms with van der Waals surface area (Å²) in [6.45, 7) is 2.14. The molecule has 21 heavy (non-hydrogen) atoms. The lowest BCUT2D eigenvalue weighted by molar-refractivity contribution is -0.115. The fraction of sp³-hybridized carbons (Fsp3) is 0.231. The predicted molar refractivity (Wildman–Crippen MR) is 80.5 cm³/mol. The highest BCUT2D eigenvalue weighted by molar-refractivity contribution is 7.14. The number of nitrogens with two attached hydrogens (primary N) is 1. The Morgan fingerprint density at radius 1 is 1.48 bits per heavy atom. The molecule has 0 saturated heterocycles. The zero-order chi connectivity index (χ0) is 15.1. The third-order valence-corrected chi connectivity index (χ3v) is 4.32. The molecule has 8 heteroatoms. The van der Waals surface area contributed by atoms with Crippen LogP contribution in [0.2, 0.25) is 0 Å². The molecule has 1 aliphatic heterocycles. The van der Waals surface area contributed by atoms with Gasteiger partial charge in [-0.3, -0.25) is 9.59 Å². The minimum absolute atomic E-state index is 0.116. The fourth-order valence-corrected chi connectivity index (χ4v) is 3.21. The molecule has 1 aliphatic rings. The lowest BCUT2D eigenvalue weighted by atomic mass is 10.1. The van der Waals surface area contributed by atoms with Gasteiger partial charge in [0, 0.05) is 17.5 Å². The minimum atomic E-state index is -0.459. The van der Waals surface area contributed by atoms with E-state index in [2.05, 4.69) is 15.3 Å². The maximum absolute atomic E-state index is 11.6. The first kappa shape index (κ1) is 13.5. The van der Waals surface area contributed by atoms with E-state index < -0.39 is 5.91 Å². The molecule has 7 nitrogen and oxygen atoms in total. The Hall–Kier alpha value is -2.48. The smallest absolute Gasteiger partial charge is 0.258 e. The lowest BCUT2D eigenvalue weighted by Crippen LogP contribution is -2.36. The number of aryl methyl sites for hydroxylation is 1. The molecule has 2 aromatic rings. The van der Waals surface area contributed by atoms with E-state index in [1.165, 1.54) is 17.7 Å². The van der Waals surface area contributed by atoms with Crippen LogP contribution in [0.4, 0.5) is 11.5 Å². The average molecular weight is 303 g/mol. The summed E-state index contributed by atoms with van der Waals surface area (Å²) < 4.78 is 0. The van der Waals surface area contributed by atoms with Crippen molar-refractivity contribution in [2.75, 3.05) is 23.8 Å². The standard InChI is InChI=1S/C13H13N5O2S/c1-6-7(3-8(21-6)12(14)20)10-11-13(16-5-15-10)17-9(19)4-18(11)2/h3,5H,4H2,1-2H3,(H2,14,20)(H,15,16,17,19). The summed E-state index contributed by atoms with van der Waals surface area (Å²) in [6.07, 6.45) is 1.40. The number of hydrogen-bond donors (Lipinski definition) is 2. The Kier molecular flexibility index (Phi) is 3.09. The molecular weight excluding hydrogens is 290 g/mol. The van der Waals surface area contributed by atoms with Gasteiger partial charge in [0.2, 0.25) is 5.91 Å². The quantitative estimate of drug-likeness (QED) is 0.862. The van der Waals surface area contributed by atoms with Gasteiger partial charge in [0.1, 0.15) is 17.7 Å². The van der Waals surface area contributed by atoms with Crippen LogP contribution in [0.15, 0.2) is 12.4 Å². The van der Waals surface area contributed by atoms with Gasteiger partial charge in [-0.15, -0.1) is 11.3 Å². The topological polar surface area (TPSA) is 101 Å². The van der Waals surface area contributed by atoms with Gasteiger partial charge in [0.05, 0.1) is 11.4 Å². The van der Waals surface area contributed by atoms with Crippen molar-refractivity contribution in [3.8, 4) is 11.3 Å². The summed E-state index contributed by atoms with van der Waals surface area (Å²) in [6, 6.07) is 1.73. The second kappa shape index (κ2) is 4.81. The summed E-state index contributed by atoms with van der Waals surface area (Å²) in [5, 5.41) is 2.73. The molecule has 0 spiro atoms. The van der Waals surface area contributed by atoms with E-state index in [0.29, 0.717) is 16.4 Å². The zero-order valence-electron chi connectivity index (χ0n) is 11.5. The van der Waals surface area contributed by atoms with Gasteiger partial charge >= 0.3 is 0 Å². The number of likely N-dealkylation sites (N-methyl/N-ethyl adjacent to an activating group) is 1. The van der Waals surface area contributed by atoms with Crippen LogP contribution in [-0.2, 0) is 4.79 Å². The minimum Gasteiger partial charge on any atom is -0.365 e. The molecule has 2 aromatic heterocycles. The van der Waals surface area contributed by atoms with Crippen LogP contribution in [0.5, 0.6) is 0 Å². The second-order valence-corrected chi connectivity index (χ2v) is 6.02. The van der Waals surface area contributed by atoms with Crippen molar-refractivity contribution in [3.63, 3.8) is 0 Å². The number of primary amides is 1. The molecule has 3 heterocycles. The van der Waals surface area contributed by atoms with Gasteiger partial charge < -0.3 is 16.0 Å². The number of rotatable bonds is 2. The van der Waals surface area contributed by atoms with E-state index >= 15 is 0 Å². The highest BCUT2D eigenvalue weighted by Gasteiger charge is 2.26. The maximum Gasteiger partial charge on any atom is 0.258 e. The summed E-state index contributed by atoms with van der Waals surface area (Å²) in [5.41, 5.74) is 7.59. The molecule has 3 rings (SSSR count). The predicted octanol–water partition coefficient (Wildman–Crippen LogP) is 1.00. The van der Waals surface area contributed by atoms with E-state index in [0.717, 1.165) is 16.1 Å². The molecule has 0 fully saturated rings. The van der Waals surface area contributed by atoms with Crippen LogP contribution in [0.1, 0.15) is 14.5 Å². The first-order chi connectivity index (χ1) is 9.97. The molecule has 0 atom stereocenters. The van der Waals surface area contributed by atoms with Gasteiger partial charge in [0.15, 0.2) is 5.82 Å². The van der Waals surface area contributed by atoms with Crippen molar-refractivity contribution in [1.29, 1.82) is 0 Å². The van der Waals surface area contributed by atoms with Gasteiger partial charge in [-0.2, -0.15) is 0 Å². The van der Waals surface area contributed by atoms with Crippen molar-refractivity contribution in [3.05, 3.63) is 22.1 Å². The first-order valence-electron chi connectivity index (χ1n) is 6.24. The normalized spacial score (nSPS) is 13.8. The summed E-state index contributed by atoms with van der Waals surface area (Å²) >= 11 is 1.33. The second-order valence-electron chi connectivity index (χ2n) is 4.77. The SMILES string of the molecule is Cc1sc(C(N)=O)cc1-c1ncnc2c1N(C)CC(=O)N2. The van der Waals surface area contributed by atoms with Crippen LogP contribution in [0.25, 0.3) is 11.3 Å². The van der Waals surface area contributed by atoms with Crippen molar-refractivity contribution >= 4 is 34.7 Å². The molecule has 2 amide bonds. The Morgan fingerprint density at radius 2 is 2.24 bits per heavy atom. The van der Waals surface area contributed by atoms with Gasteiger partial charge in [-0.25, -0.2) is 9.97 Å². The Labute approximate surface area is 124 Å². The Morgan fingerprint density at radius 3 is 2.90 bits per heavy atom. The van der Waals surface area contributed by atoms with E-state index in [9.17, 15) is 9.59 Å². The molecule has 108 valence electrons. The largest absolute Gasteiger partial charge is 0.365 e. The zero-order valence-corrected chi connectivity index (χ0v) is 12.3. The van der Waals surface area contributed by atoms with E-state index in [-0.39, 0.29) is 12.5 Å². The van der Waals surface area contributed by atoms with E-state index in [1.54, 1.807) is 18.0 Å². The molecule has 3 N–H and O–H groups in total. The number of amides is 2. The highest BCUT2D eigenvalue weighted by Crippen LogP contribution is 2.39. The Balaban J connectivity index is 2.18. The monoisotopic (exact) mass is 303 g/mol. The summed E-state index contributed by atoms with van der Waals surface area (Å²) in [5.74, 6) is -0.0987. The molecule has 0 bridgehead atoms. The number of aromatic nitrogens is 2. The number of nitrogens with zero attached hydrogens (tertiary/aromatic N) is 3. The van der Waals surface area contributed by atoms with Crippen molar-refractivity contribution in [2.24, 2.45) is 5.73 Å². The number of nitrogens with one attached hydrogen (secondary N) is 1. The molecule has 0 aromatic carbocycles. The number of thiophene rings is 1. The molecule has 0 saturated carbocycles. The van der Waals surface area contributed by atoms with Gasteiger partial charge in [0.25, 0.3) is 5.91 Å². The van der Waals surface area contributed by atoms with Crippen LogP contribution >= 0.6 is 11.3 Å². The number of fused-ring (bicyclic) bond motifs is 1. The van der Waals surface area contributed by atoms with Crippen molar-refractivity contribution < 1.29 is 9.59 Å². The van der Waals surface area contributed by atoms with Gasteiger partial charge in [-0.05, 0) is 13.0 Å². The van der Waals surface area contributed by atoms with Gasteiger partial charge in [-0.1, -0.05) is 0 Å². The lowest BCUT2D eigenvalue weighted by Gasteiger charge is -2.27. The van der Waals surface area contributed by atoms with E-state index in [1.807, 2.05) is 6.92 Å². The number of anilines is 2. The van der Waals surface area contributed by atoms with Crippen LogP contribution in [-0.4, -0.2) is 35.4 Å². The molecule has 0 aliphatic carbocycles. The molecule has 0 unspecified atom stereocenters. The molecule has 0 radical (unpaired) electrons. The fourth-order valence-electron chi connectivity index (χ4n) is 2.33. The van der Waals surface area contributed by atoms with Crippen LogP contribution < -0.4 is 16.0 Å². The maximum atomic E-state index is 11.6. The van der Waals surface area contributed by atoms with Crippen LogP contribution in [0.3, 0.4) is 0 Å². The Bertz CT molecular complexity index is 755. The van der Waals surface area contributed by atoms with E-state index in [4.69, 9.17) is 5.73 Å². The van der Waals surface area contributed by atoms with Crippen molar-refractivity contribution in [1.82, 2.24) is 9.97 Å². The average Bonchev–Trinajstić information content (AvgIpc) is 2.80. The first-order valence-corrected chi connectivity index (χ1v) is 7.05. The number of carbonyl (C=O) groups is 2. The third kappa shape index (κ3) is 2.23.